The van der Waals surface area contributed by atoms with Gasteiger partial charge in [-0.3, -0.25) is 5.32 Å². The predicted octanol–water partition coefficient (Wildman–Crippen LogP) is 1.72. The predicted molar refractivity (Wildman–Crippen MR) is 56.8 cm³/mol. The van der Waals surface area contributed by atoms with E-state index in [0.717, 1.165) is 5.75 Å². The fourth-order valence-electron chi connectivity index (χ4n) is 0.981. The van der Waals surface area contributed by atoms with Gasteiger partial charge in [-0.2, -0.15) is 0 Å². The second-order valence-electron chi connectivity index (χ2n) is 3.04. The summed E-state index contributed by atoms with van der Waals surface area (Å²) in [6.07, 6.45) is -0.523. The van der Waals surface area contributed by atoms with E-state index >= 15 is 0 Å². The third-order valence-electron chi connectivity index (χ3n) is 1.60. The Balaban J connectivity index is 2.53. The fourth-order valence-corrected chi connectivity index (χ4v) is 0.981. The van der Waals surface area contributed by atoms with Crippen LogP contribution in [0.2, 0.25) is 0 Å². The van der Waals surface area contributed by atoms with Crippen LogP contribution in [-0.4, -0.2) is 32.4 Å². The Morgan fingerprint density at radius 3 is 2.33 bits per heavy atom. The number of amides is 1. The second kappa shape index (κ2) is 5.21. The van der Waals surface area contributed by atoms with Gasteiger partial charge in [0.25, 0.3) is 0 Å². The van der Waals surface area contributed by atoms with Crippen molar-refractivity contribution in [3.63, 3.8) is 0 Å². The van der Waals surface area contributed by atoms with Crippen LogP contribution in [0.4, 0.5) is 10.5 Å². The maximum Gasteiger partial charge on any atom is 0.430 e. The van der Waals surface area contributed by atoms with Crippen LogP contribution in [0.5, 0.6) is 5.75 Å². The standard InChI is InChI=1S/C10H14N2O3/c1-12(2)15-10(13)11-8-4-6-9(14-3)7-5-8/h4-7H,1-3H3,(H,11,13). The molecule has 1 aromatic rings. The van der Waals surface area contributed by atoms with Crippen LogP contribution in [0.25, 0.3) is 0 Å². The summed E-state index contributed by atoms with van der Waals surface area (Å²) < 4.78 is 4.99. The van der Waals surface area contributed by atoms with Gasteiger partial charge in [0.2, 0.25) is 0 Å². The highest BCUT2D eigenvalue weighted by molar-refractivity contribution is 5.84. The van der Waals surface area contributed by atoms with Crippen molar-refractivity contribution in [2.45, 2.75) is 0 Å². The van der Waals surface area contributed by atoms with E-state index in [0.29, 0.717) is 5.69 Å². The summed E-state index contributed by atoms with van der Waals surface area (Å²) in [5.74, 6) is 0.738. The van der Waals surface area contributed by atoms with Crippen LogP contribution in [0.1, 0.15) is 0 Å². The van der Waals surface area contributed by atoms with Crippen LogP contribution in [0.3, 0.4) is 0 Å². The summed E-state index contributed by atoms with van der Waals surface area (Å²) in [7, 11) is 4.85. The molecule has 0 saturated heterocycles. The number of carbonyl (C=O) groups excluding carboxylic acids is 1. The highest BCUT2D eigenvalue weighted by Gasteiger charge is 2.04. The van der Waals surface area contributed by atoms with E-state index < -0.39 is 6.09 Å². The van der Waals surface area contributed by atoms with Crippen molar-refractivity contribution in [2.75, 3.05) is 26.5 Å². The molecule has 1 N–H and O–H groups in total. The number of carbonyl (C=O) groups is 1. The minimum atomic E-state index is -0.523. The molecule has 0 aromatic heterocycles. The Kier molecular flexibility index (Phi) is 3.93. The Morgan fingerprint density at radius 1 is 1.27 bits per heavy atom. The van der Waals surface area contributed by atoms with Gasteiger partial charge in [-0.25, -0.2) is 4.79 Å². The first-order valence-corrected chi connectivity index (χ1v) is 4.42. The molecule has 0 bridgehead atoms. The molecule has 5 nitrogen and oxygen atoms in total. The normalized spacial score (nSPS) is 9.87. The Labute approximate surface area is 88.5 Å². The van der Waals surface area contributed by atoms with E-state index in [-0.39, 0.29) is 0 Å². The molecule has 5 heteroatoms. The zero-order valence-corrected chi connectivity index (χ0v) is 8.98. The van der Waals surface area contributed by atoms with Gasteiger partial charge in [-0.05, 0) is 24.3 Å². The number of ether oxygens (including phenoxy) is 1. The molecule has 0 spiro atoms. The van der Waals surface area contributed by atoms with Crippen LogP contribution in [0, 0.1) is 0 Å². The molecule has 0 aliphatic rings. The van der Waals surface area contributed by atoms with Gasteiger partial charge in [0.15, 0.2) is 0 Å². The average Bonchev–Trinajstić information content (AvgIpc) is 2.17. The van der Waals surface area contributed by atoms with Gasteiger partial charge in [0, 0.05) is 19.8 Å². The summed E-state index contributed by atoms with van der Waals surface area (Å²) in [4.78, 5) is 15.9. The number of nitrogens with one attached hydrogen (secondary N) is 1. The maximum absolute atomic E-state index is 11.2. The maximum atomic E-state index is 11.2. The van der Waals surface area contributed by atoms with Crippen molar-refractivity contribution in [1.29, 1.82) is 0 Å². The molecule has 0 heterocycles. The number of hydrogen-bond donors (Lipinski definition) is 1. The average molecular weight is 210 g/mol. The minimum absolute atomic E-state index is 0.523. The summed E-state index contributed by atoms with van der Waals surface area (Å²) in [6.45, 7) is 0. The van der Waals surface area contributed by atoms with Gasteiger partial charge >= 0.3 is 6.09 Å². The number of hydrogen-bond acceptors (Lipinski definition) is 4. The van der Waals surface area contributed by atoms with Crippen molar-refractivity contribution in [3.05, 3.63) is 24.3 Å². The molecule has 82 valence electrons. The molecule has 0 unspecified atom stereocenters. The lowest BCUT2D eigenvalue weighted by Crippen LogP contribution is -2.22. The molecule has 1 aromatic carbocycles. The van der Waals surface area contributed by atoms with Crippen molar-refractivity contribution < 1.29 is 14.4 Å². The summed E-state index contributed by atoms with van der Waals surface area (Å²) in [5, 5.41) is 3.88. The van der Waals surface area contributed by atoms with Gasteiger partial charge < -0.3 is 9.57 Å². The second-order valence-corrected chi connectivity index (χ2v) is 3.04. The summed E-state index contributed by atoms with van der Waals surface area (Å²) >= 11 is 0. The van der Waals surface area contributed by atoms with E-state index in [2.05, 4.69) is 5.32 Å². The molecular formula is C10H14N2O3. The lowest BCUT2D eigenvalue weighted by Gasteiger charge is -2.11. The molecule has 0 fully saturated rings. The first-order valence-electron chi connectivity index (χ1n) is 4.42. The lowest BCUT2D eigenvalue weighted by atomic mass is 10.3. The molecule has 0 saturated carbocycles. The van der Waals surface area contributed by atoms with E-state index in [1.165, 1.54) is 5.06 Å². The molecule has 0 radical (unpaired) electrons. The van der Waals surface area contributed by atoms with Crippen LogP contribution < -0.4 is 10.1 Å². The SMILES string of the molecule is COc1ccc(NC(=O)ON(C)C)cc1. The van der Waals surface area contributed by atoms with Crippen LogP contribution in [-0.2, 0) is 4.84 Å². The molecule has 1 rings (SSSR count). The van der Waals surface area contributed by atoms with Crippen LogP contribution >= 0.6 is 0 Å². The molecule has 1 amide bonds. The van der Waals surface area contributed by atoms with Gasteiger partial charge in [-0.1, -0.05) is 0 Å². The van der Waals surface area contributed by atoms with E-state index in [1.807, 2.05) is 0 Å². The Bertz CT molecular complexity index is 322. The number of benzene rings is 1. The van der Waals surface area contributed by atoms with E-state index in [1.54, 1.807) is 45.5 Å². The highest BCUT2D eigenvalue weighted by atomic mass is 16.7. The number of methoxy groups -OCH3 is 1. The third-order valence-corrected chi connectivity index (χ3v) is 1.60. The van der Waals surface area contributed by atoms with Crippen molar-refractivity contribution in [2.24, 2.45) is 0 Å². The topological polar surface area (TPSA) is 50.8 Å². The Morgan fingerprint density at radius 2 is 1.87 bits per heavy atom. The largest absolute Gasteiger partial charge is 0.497 e. The molecule has 15 heavy (non-hydrogen) atoms. The number of rotatable bonds is 3. The quantitative estimate of drug-likeness (QED) is 0.772. The summed E-state index contributed by atoms with van der Waals surface area (Å²) in [6, 6.07) is 6.97. The molecular weight excluding hydrogens is 196 g/mol. The first-order chi connectivity index (χ1) is 7.11. The number of anilines is 1. The van der Waals surface area contributed by atoms with E-state index in [4.69, 9.17) is 9.57 Å². The minimum Gasteiger partial charge on any atom is -0.497 e. The monoisotopic (exact) mass is 210 g/mol. The van der Waals surface area contributed by atoms with Gasteiger partial charge in [-0.15, -0.1) is 5.06 Å². The number of hydroxylamine groups is 2. The van der Waals surface area contributed by atoms with E-state index in [9.17, 15) is 4.79 Å². The molecule has 0 aliphatic heterocycles. The fraction of sp³-hybridized carbons (Fsp3) is 0.300. The molecule has 0 aliphatic carbocycles. The lowest BCUT2D eigenvalue weighted by molar-refractivity contribution is -0.0474. The summed E-state index contributed by atoms with van der Waals surface area (Å²) in [5.41, 5.74) is 0.655. The van der Waals surface area contributed by atoms with Crippen molar-refractivity contribution in [3.8, 4) is 5.75 Å². The van der Waals surface area contributed by atoms with Gasteiger partial charge in [0.05, 0.1) is 7.11 Å². The molecule has 0 atom stereocenters. The number of nitrogens with zero attached hydrogens (tertiary/aromatic N) is 1. The Hall–Kier alpha value is -1.75. The van der Waals surface area contributed by atoms with Crippen molar-refractivity contribution in [1.82, 2.24) is 5.06 Å². The van der Waals surface area contributed by atoms with Gasteiger partial charge in [0.1, 0.15) is 5.75 Å². The third kappa shape index (κ3) is 3.86. The zero-order valence-electron chi connectivity index (χ0n) is 8.98. The van der Waals surface area contributed by atoms with Crippen molar-refractivity contribution >= 4 is 11.8 Å². The smallest absolute Gasteiger partial charge is 0.430 e. The van der Waals surface area contributed by atoms with Crippen LogP contribution in [0.15, 0.2) is 24.3 Å². The first kappa shape index (κ1) is 11.3. The zero-order chi connectivity index (χ0) is 11.3. The highest BCUT2D eigenvalue weighted by Crippen LogP contribution is 2.14.